The largest absolute Gasteiger partial charge is 0.397 e. The highest BCUT2D eigenvalue weighted by Gasteiger charge is 2.09. The fourth-order valence-corrected chi connectivity index (χ4v) is 2.40. The molecule has 12 heteroatoms. The quantitative estimate of drug-likeness (QED) is 0.262. The molecule has 2 aromatic rings. The normalized spacial score (nSPS) is 10.1. The summed E-state index contributed by atoms with van der Waals surface area (Å²) in [6.45, 7) is 0.403. The maximum absolute atomic E-state index is 11.8. The minimum Gasteiger partial charge on any atom is -0.397 e. The van der Waals surface area contributed by atoms with Gasteiger partial charge in [0.1, 0.15) is 11.6 Å². The summed E-state index contributed by atoms with van der Waals surface area (Å²) in [5.74, 6) is -0.641. The number of pyridine rings is 2. The SMILES string of the molecule is Nc1ccc(NC(=O)CCC(=O)NCCNC(=O)CCC(=O)Nc2ccc(N)cn2)nc1. The number of nitrogens with two attached hydrogens (primary N) is 2. The number of carbonyl (C=O) groups excluding carboxylic acids is 4. The Balaban J connectivity index is 1.52. The van der Waals surface area contributed by atoms with Gasteiger partial charge in [-0.15, -0.1) is 0 Å². The third-order valence-corrected chi connectivity index (χ3v) is 4.04. The van der Waals surface area contributed by atoms with Gasteiger partial charge in [0, 0.05) is 38.8 Å². The fourth-order valence-electron chi connectivity index (χ4n) is 2.40. The van der Waals surface area contributed by atoms with Crippen molar-refractivity contribution < 1.29 is 19.2 Å². The van der Waals surface area contributed by atoms with Crippen LogP contribution in [0.5, 0.6) is 0 Å². The number of amides is 4. The van der Waals surface area contributed by atoms with Gasteiger partial charge >= 0.3 is 0 Å². The second-order valence-electron chi connectivity index (χ2n) is 6.75. The van der Waals surface area contributed by atoms with E-state index in [2.05, 4.69) is 31.2 Å². The first-order valence-corrected chi connectivity index (χ1v) is 9.88. The summed E-state index contributed by atoms with van der Waals surface area (Å²) in [6.07, 6.45) is 2.80. The number of hydrogen-bond donors (Lipinski definition) is 6. The lowest BCUT2D eigenvalue weighted by molar-refractivity contribution is -0.125. The molecule has 2 heterocycles. The number of carbonyl (C=O) groups is 4. The van der Waals surface area contributed by atoms with E-state index >= 15 is 0 Å². The summed E-state index contributed by atoms with van der Waals surface area (Å²) < 4.78 is 0. The summed E-state index contributed by atoms with van der Waals surface area (Å²) in [5, 5.41) is 10.3. The van der Waals surface area contributed by atoms with Crippen molar-refractivity contribution in [1.82, 2.24) is 20.6 Å². The summed E-state index contributed by atoms with van der Waals surface area (Å²) in [4.78, 5) is 55.1. The Hall–Kier alpha value is -4.22. The molecule has 0 fully saturated rings. The smallest absolute Gasteiger partial charge is 0.226 e. The third kappa shape index (κ3) is 9.52. The van der Waals surface area contributed by atoms with Crippen molar-refractivity contribution >= 4 is 46.6 Å². The molecule has 0 aliphatic carbocycles. The molecule has 0 unspecified atom stereocenters. The lowest BCUT2D eigenvalue weighted by Crippen LogP contribution is -2.35. The van der Waals surface area contributed by atoms with Crippen molar-refractivity contribution in [3.05, 3.63) is 36.7 Å². The maximum Gasteiger partial charge on any atom is 0.226 e. The summed E-state index contributed by atoms with van der Waals surface area (Å²) in [6, 6.07) is 6.34. The van der Waals surface area contributed by atoms with Gasteiger partial charge in [0.05, 0.1) is 23.8 Å². The van der Waals surface area contributed by atoms with Gasteiger partial charge in [0.15, 0.2) is 0 Å². The Morgan fingerprint density at radius 3 is 1.34 bits per heavy atom. The summed E-state index contributed by atoms with van der Waals surface area (Å²) in [5.41, 5.74) is 12.0. The predicted molar refractivity (Wildman–Crippen MR) is 119 cm³/mol. The highest BCUT2D eigenvalue weighted by atomic mass is 16.2. The first-order chi connectivity index (χ1) is 15.3. The molecule has 0 saturated carbocycles. The summed E-state index contributed by atoms with van der Waals surface area (Å²) in [7, 11) is 0. The number of aromatic nitrogens is 2. The number of hydrogen-bond acceptors (Lipinski definition) is 8. The topological polar surface area (TPSA) is 194 Å². The Morgan fingerprint density at radius 1 is 0.625 bits per heavy atom. The Morgan fingerprint density at radius 2 is 1.00 bits per heavy atom. The molecule has 32 heavy (non-hydrogen) atoms. The molecular weight excluding hydrogens is 416 g/mol. The van der Waals surface area contributed by atoms with Gasteiger partial charge in [0.2, 0.25) is 23.6 Å². The van der Waals surface area contributed by atoms with E-state index in [4.69, 9.17) is 11.5 Å². The molecule has 2 aromatic heterocycles. The average molecular weight is 442 g/mol. The zero-order chi connectivity index (χ0) is 23.3. The van der Waals surface area contributed by atoms with Crippen LogP contribution in [0.1, 0.15) is 25.7 Å². The van der Waals surface area contributed by atoms with Gasteiger partial charge in [-0.2, -0.15) is 0 Å². The van der Waals surface area contributed by atoms with E-state index in [0.29, 0.717) is 23.0 Å². The molecule has 8 N–H and O–H groups in total. The van der Waals surface area contributed by atoms with Crippen LogP contribution in [0.25, 0.3) is 0 Å². The monoisotopic (exact) mass is 442 g/mol. The number of nitrogen functional groups attached to an aromatic ring is 2. The number of nitrogens with one attached hydrogen (secondary N) is 4. The standard InChI is InChI=1S/C20H26N8O4/c21-13-1-3-15(25-11-13)27-19(31)7-5-17(29)23-9-10-24-18(30)6-8-20(32)28-16-4-2-14(22)12-26-16/h1-4,11-12H,5-10,21-22H2,(H,23,29)(H,24,30)(H,25,27,31)(H,26,28,32). The van der Waals surface area contributed by atoms with Crippen LogP contribution in [0, 0.1) is 0 Å². The van der Waals surface area contributed by atoms with Crippen LogP contribution in [0.3, 0.4) is 0 Å². The van der Waals surface area contributed by atoms with Gasteiger partial charge in [-0.05, 0) is 24.3 Å². The molecule has 0 atom stereocenters. The second kappa shape index (κ2) is 12.5. The zero-order valence-electron chi connectivity index (χ0n) is 17.4. The minimum atomic E-state index is -0.349. The van der Waals surface area contributed by atoms with Crippen molar-refractivity contribution in [2.24, 2.45) is 0 Å². The molecule has 12 nitrogen and oxygen atoms in total. The molecule has 170 valence electrons. The fraction of sp³-hybridized carbons (Fsp3) is 0.300. The maximum atomic E-state index is 11.8. The molecular formula is C20H26N8O4. The van der Waals surface area contributed by atoms with E-state index in [-0.39, 0.29) is 62.4 Å². The number of nitrogens with zero attached hydrogens (tertiary/aromatic N) is 2. The second-order valence-corrected chi connectivity index (χ2v) is 6.75. The van der Waals surface area contributed by atoms with Crippen LogP contribution >= 0.6 is 0 Å². The Bertz CT molecular complexity index is 854. The molecule has 0 aromatic carbocycles. The van der Waals surface area contributed by atoms with Gasteiger partial charge in [0.25, 0.3) is 0 Å². The molecule has 4 amide bonds. The Labute approximate surface area is 184 Å². The van der Waals surface area contributed by atoms with Crippen LogP contribution in [0.4, 0.5) is 23.0 Å². The zero-order valence-corrected chi connectivity index (χ0v) is 17.4. The molecule has 0 radical (unpaired) electrons. The molecule has 0 saturated heterocycles. The molecule has 0 spiro atoms. The van der Waals surface area contributed by atoms with Gasteiger partial charge in [-0.1, -0.05) is 0 Å². The first-order valence-electron chi connectivity index (χ1n) is 9.88. The Kier molecular flexibility index (Phi) is 9.37. The van der Waals surface area contributed by atoms with Crippen molar-refractivity contribution in [2.45, 2.75) is 25.7 Å². The lowest BCUT2D eigenvalue weighted by atomic mass is 10.2. The van der Waals surface area contributed by atoms with Gasteiger partial charge in [-0.3, -0.25) is 19.2 Å². The summed E-state index contributed by atoms with van der Waals surface area (Å²) >= 11 is 0. The van der Waals surface area contributed by atoms with Gasteiger partial charge < -0.3 is 32.7 Å². The van der Waals surface area contributed by atoms with Gasteiger partial charge in [-0.25, -0.2) is 9.97 Å². The van der Waals surface area contributed by atoms with E-state index in [9.17, 15) is 19.2 Å². The molecule has 2 rings (SSSR count). The highest BCUT2D eigenvalue weighted by molar-refractivity contribution is 5.93. The third-order valence-electron chi connectivity index (χ3n) is 4.04. The van der Waals surface area contributed by atoms with E-state index in [1.807, 2.05) is 0 Å². The number of anilines is 4. The average Bonchev–Trinajstić information content (AvgIpc) is 2.77. The number of rotatable bonds is 11. The van der Waals surface area contributed by atoms with E-state index in [0.717, 1.165) is 0 Å². The van der Waals surface area contributed by atoms with Crippen molar-refractivity contribution in [3.63, 3.8) is 0 Å². The van der Waals surface area contributed by atoms with Crippen LogP contribution in [0.2, 0.25) is 0 Å². The van der Waals surface area contributed by atoms with E-state index < -0.39 is 0 Å². The molecule has 0 bridgehead atoms. The van der Waals surface area contributed by atoms with Crippen LogP contribution in [-0.4, -0.2) is 46.7 Å². The van der Waals surface area contributed by atoms with Crippen LogP contribution < -0.4 is 32.7 Å². The van der Waals surface area contributed by atoms with Crippen molar-refractivity contribution in [2.75, 3.05) is 35.2 Å². The van der Waals surface area contributed by atoms with Crippen LogP contribution in [-0.2, 0) is 19.2 Å². The van der Waals surface area contributed by atoms with Crippen LogP contribution in [0.15, 0.2) is 36.7 Å². The first kappa shape index (κ1) is 24.1. The predicted octanol–water partition coefficient (Wildman–Crippen LogP) is 0.0110. The molecule has 0 aliphatic heterocycles. The van der Waals surface area contributed by atoms with E-state index in [1.54, 1.807) is 24.3 Å². The van der Waals surface area contributed by atoms with Crippen molar-refractivity contribution in [1.29, 1.82) is 0 Å². The minimum absolute atomic E-state index is 0.00586. The van der Waals surface area contributed by atoms with Crippen molar-refractivity contribution in [3.8, 4) is 0 Å². The molecule has 0 aliphatic rings. The lowest BCUT2D eigenvalue weighted by Gasteiger charge is -2.08. The highest BCUT2D eigenvalue weighted by Crippen LogP contribution is 2.07. The van der Waals surface area contributed by atoms with E-state index in [1.165, 1.54) is 12.4 Å².